The Morgan fingerprint density at radius 3 is 2.26 bits per heavy atom. The van der Waals surface area contributed by atoms with Crippen LogP contribution in [0.25, 0.3) is 32.9 Å². The van der Waals surface area contributed by atoms with Crippen molar-refractivity contribution in [2.24, 2.45) is 5.10 Å². The summed E-state index contributed by atoms with van der Waals surface area (Å²) in [5, 5.41) is 18.1. The lowest BCUT2D eigenvalue weighted by atomic mass is 9.97. The van der Waals surface area contributed by atoms with Gasteiger partial charge in [-0.2, -0.15) is 5.10 Å². The van der Waals surface area contributed by atoms with Gasteiger partial charge in [0.05, 0.1) is 12.0 Å². The van der Waals surface area contributed by atoms with E-state index in [4.69, 9.17) is 0 Å². The van der Waals surface area contributed by atoms with Crippen LogP contribution < -0.4 is 5.43 Å². The van der Waals surface area contributed by atoms with E-state index in [0.717, 1.165) is 38.5 Å². The summed E-state index contributed by atoms with van der Waals surface area (Å²) in [7, 11) is 0. The molecule has 0 saturated heterocycles. The molecule has 0 atom stereocenters. The molecule has 1 heterocycles. The quantitative estimate of drug-likeness (QED) is 0.149. The Morgan fingerprint density at radius 2 is 1.59 bits per heavy atom. The number of hydrazone groups is 1. The standard InChI is InChI=1S/C27H23N5OS/c1-2-32-26(19-10-4-3-5-11-19)30-31-27(32)34-18-25(33)29-28-17-24-22-14-8-6-12-20(22)16-21-13-7-9-15-23(21)24/h3-17H,2,18H2,1H3,(H,29,33)/b28-17-. The SMILES string of the molecule is CCn1c(SCC(=O)N/N=C\c2c3ccccc3cc3ccccc23)nnc1-c1ccccc1. The fraction of sp³-hybridized carbons (Fsp3) is 0.111. The van der Waals surface area contributed by atoms with Crippen molar-refractivity contribution in [1.29, 1.82) is 0 Å². The van der Waals surface area contributed by atoms with E-state index in [-0.39, 0.29) is 11.7 Å². The van der Waals surface area contributed by atoms with Gasteiger partial charge in [0.25, 0.3) is 5.91 Å². The number of nitrogens with one attached hydrogen (secondary N) is 1. The second kappa shape index (κ2) is 9.89. The molecule has 0 aliphatic heterocycles. The lowest BCUT2D eigenvalue weighted by molar-refractivity contribution is -0.118. The fourth-order valence-electron chi connectivity index (χ4n) is 4.00. The Balaban J connectivity index is 1.30. The number of carbonyl (C=O) groups excluding carboxylic acids is 1. The molecule has 0 radical (unpaired) electrons. The first kappa shape index (κ1) is 21.9. The monoisotopic (exact) mass is 465 g/mol. The number of fused-ring (bicyclic) bond motifs is 2. The molecule has 1 aromatic heterocycles. The highest BCUT2D eigenvalue weighted by atomic mass is 32.2. The van der Waals surface area contributed by atoms with Crippen LogP contribution in [0.15, 0.2) is 95.2 Å². The van der Waals surface area contributed by atoms with Crippen LogP contribution in [0.5, 0.6) is 0 Å². The predicted molar refractivity (Wildman–Crippen MR) is 139 cm³/mol. The number of rotatable bonds is 7. The molecule has 0 aliphatic carbocycles. The predicted octanol–water partition coefficient (Wildman–Crippen LogP) is 5.51. The van der Waals surface area contributed by atoms with Gasteiger partial charge in [0.2, 0.25) is 0 Å². The molecule has 0 spiro atoms. The number of amides is 1. The van der Waals surface area contributed by atoms with Crippen LogP contribution in [0.3, 0.4) is 0 Å². The Hall–Kier alpha value is -3.97. The highest BCUT2D eigenvalue weighted by Crippen LogP contribution is 2.27. The average molecular weight is 466 g/mol. The average Bonchev–Trinajstić information content (AvgIpc) is 3.30. The summed E-state index contributed by atoms with van der Waals surface area (Å²) < 4.78 is 2.01. The number of aromatic nitrogens is 3. The highest BCUT2D eigenvalue weighted by molar-refractivity contribution is 7.99. The summed E-state index contributed by atoms with van der Waals surface area (Å²) in [6.07, 6.45) is 1.73. The zero-order chi connectivity index (χ0) is 23.3. The third kappa shape index (κ3) is 4.43. The second-order valence-corrected chi connectivity index (χ2v) is 8.67. The lowest BCUT2D eigenvalue weighted by Gasteiger charge is -2.08. The molecule has 34 heavy (non-hydrogen) atoms. The summed E-state index contributed by atoms with van der Waals surface area (Å²) >= 11 is 1.35. The van der Waals surface area contributed by atoms with E-state index in [1.165, 1.54) is 11.8 Å². The van der Waals surface area contributed by atoms with Crippen LogP contribution in [-0.4, -0.2) is 32.6 Å². The van der Waals surface area contributed by atoms with E-state index in [0.29, 0.717) is 11.7 Å². The third-order valence-corrected chi connectivity index (χ3v) is 6.56. The molecule has 5 rings (SSSR count). The number of benzene rings is 4. The molecule has 0 saturated carbocycles. The summed E-state index contributed by atoms with van der Waals surface area (Å²) in [6.45, 7) is 2.76. The summed E-state index contributed by atoms with van der Waals surface area (Å²) in [5.41, 5.74) is 4.65. The van der Waals surface area contributed by atoms with Gasteiger partial charge in [-0.1, -0.05) is 90.6 Å². The van der Waals surface area contributed by atoms with E-state index >= 15 is 0 Å². The molecule has 4 aromatic carbocycles. The van der Waals surface area contributed by atoms with Crippen LogP contribution in [0.4, 0.5) is 0 Å². The third-order valence-electron chi connectivity index (χ3n) is 5.59. The van der Waals surface area contributed by atoms with E-state index in [2.05, 4.69) is 51.1 Å². The Labute approximate surface area is 201 Å². The highest BCUT2D eigenvalue weighted by Gasteiger charge is 2.14. The Bertz CT molecular complexity index is 1440. The van der Waals surface area contributed by atoms with Crippen LogP contribution in [-0.2, 0) is 11.3 Å². The van der Waals surface area contributed by atoms with Gasteiger partial charge in [0.15, 0.2) is 11.0 Å². The van der Waals surface area contributed by atoms with Gasteiger partial charge in [0.1, 0.15) is 0 Å². The first-order valence-electron chi connectivity index (χ1n) is 11.1. The van der Waals surface area contributed by atoms with Crippen molar-refractivity contribution in [2.45, 2.75) is 18.6 Å². The minimum atomic E-state index is -0.197. The molecule has 0 aliphatic rings. The summed E-state index contributed by atoms with van der Waals surface area (Å²) in [5.74, 6) is 0.796. The van der Waals surface area contributed by atoms with Crippen molar-refractivity contribution in [3.05, 3.63) is 90.5 Å². The maximum absolute atomic E-state index is 12.5. The normalized spacial score (nSPS) is 11.4. The number of carbonyl (C=O) groups is 1. The van der Waals surface area contributed by atoms with Crippen LogP contribution in [0.2, 0.25) is 0 Å². The summed E-state index contributed by atoms with van der Waals surface area (Å²) in [4.78, 5) is 12.5. The number of hydrogen-bond acceptors (Lipinski definition) is 5. The largest absolute Gasteiger partial charge is 0.302 e. The van der Waals surface area contributed by atoms with E-state index in [1.54, 1.807) is 6.21 Å². The van der Waals surface area contributed by atoms with Gasteiger partial charge in [-0.25, -0.2) is 5.43 Å². The number of nitrogens with zero attached hydrogens (tertiary/aromatic N) is 4. The zero-order valence-electron chi connectivity index (χ0n) is 18.7. The van der Waals surface area contributed by atoms with Crippen molar-refractivity contribution >= 4 is 45.4 Å². The lowest BCUT2D eigenvalue weighted by Crippen LogP contribution is -2.20. The maximum atomic E-state index is 12.5. The molecule has 6 nitrogen and oxygen atoms in total. The molecular formula is C27H23N5OS. The maximum Gasteiger partial charge on any atom is 0.250 e. The Morgan fingerprint density at radius 1 is 0.941 bits per heavy atom. The molecule has 0 fully saturated rings. The second-order valence-electron chi connectivity index (χ2n) is 7.73. The van der Waals surface area contributed by atoms with Crippen molar-refractivity contribution in [1.82, 2.24) is 20.2 Å². The molecule has 0 unspecified atom stereocenters. The van der Waals surface area contributed by atoms with E-state index < -0.39 is 0 Å². The van der Waals surface area contributed by atoms with Crippen LogP contribution in [0.1, 0.15) is 12.5 Å². The molecule has 0 bridgehead atoms. The molecule has 1 amide bonds. The van der Waals surface area contributed by atoms with Gasteiger partial charge in [-0.05, 0) is 34.5 Å². The molecule has 5 aromatic rings. The number of hydrogen-bond donors (Lipinski definition) is 1. The fourth-order valence-corrected chi connectivity index (χ4v) is 4.80. The minimum absolute atomic E-state index is 0.195. The molecule has 168 valence electrons. The van der Waals surface area contributed by atoms with Crippen molar-refractivity contribution in [3.8, 4) is 11.4 Å². The van der Waals surface area contributed by atoms with E-state index in [9.17, 15) is 4.79 Å². The van der Waals surface area contributed by atoms with Gasteiger partial charge >= 0.3 is 0 Å². The first-order valence-corrected chi connectivity index (χ1v) is 12.1. The Kier molecular flexibility index (Phi) is 6.35. The smallest absolute Gasteiger partial charge is 0.250 e. The minimum Gasteiger partial charge on any atom is -0.302 e. The molecule has 7 heteroatoms. The van der Waals surface area contributed by atoms with Crippen molar-refractivity contribution in [3.63, 3.8) is 0 Å². The van der Waals surface area contributed by atoms with E-state index in [1.807, 2.05) is 66.1 Å². The van der Waals surface area contributed by atoms with Crippen LogP contribution in [0, 0.1) is 0 Å². The van der Waals surface area contributed by atoms with Crippen molar-refractivity contribution in [2.75, 3.05) is 5.75 Å². The van der Waals surface area contributed by atoms with Gasteiger partial charge in [-0.15, -0.1) is 10.2 Å². The van der Waals surface area contributed by atoms with Crippen LogP contribution >= 0.6 is 11.8 Å². The van der Waals surface area contributed by atoms with Gasteiger partial charge in [0, 0.05) is 17.7 Å². The summed E-state index contributed by atoms with van der Waals surface area (Å²) in [6, 6.07) is 28.5. The first-order chi connectivity index (χ1) is 16.7. The topological polar surface area (TPSA) is 72.2 Å². The number of thioether (sulfide) groups is 1. The van der Waals surface area contributed by atoms with Gasteiger partial charge < -0.3 is 4.57 Å². The zero-order valence-corrected chi connectivity index (χ0v) is 19.5. The van der Waals surface area contributed by atoms with Gasteiger partial charge in [-0.3, -0.25) is 4.79 Å². The van der Waals surface area contributed by atoms with Crippen molar-refractivity contribution < 1.29 is 4.79 Å². The molecule has 1 N–H and O–H groups in total. The molecular weight excluding hydrogens is 442 g/mol.